The summed E-state index contributed by atoms with van der Waals surface area (Å²) >= 11 is 0. The molecule has 1 N–H and O–H groups in total. The van der Waals surface area contributed by atoms with Crippen LogP contribution in [0.4, 0.5) is 0 Å². The van der Waals surface area contributed by atoms with Gasteiger partial charge in [0.05, 0.1) is 25.8 Å². The summed E-state index contributed by atoms with van der Waals surface area (Å²) in [7, 11) is 1.46. The van der Waals surface area contributed by atoms with E-state index < -0.39 is 18.5 Å². The highest BCUT2D eigenvalue weighted by Gasteiger charge is 2.22. The Morgan fingerprint density at radius 1 is 1.03 bits per heavy atom. The molecular weight excluding hydrogens is 406 g/mol. The van der Waals surface area contributed by atoms with Crippen LogP contribution in [0.5, 0.6) is 28.7 Å². The van der Waals surface area contributed by atoms with Crippen molar-refractivity contribution in [2.24, 2.45) is 0 Å². The molecule has 0 spiro atoms. The highest BCUT2D eigenvalue weighted by atomic mass is 16.6. The molecule has 0 aliphatic carbocycles. The van der Waals surface area contributed by atoms with Crippen LogP contribution in [-0.2, 0) is 9.53 Å². The number of amides is 1. The summed E-state index contributed by atoms with van der Waals surface area (Å²) < 4.78 is 32.2. The van der Waals surface area contributed by atoms with Gasteiger partial charge in [-0.3, -0.25) is 4.79 Å². The molecule has 0 atom stereocenters. The Labute approximate surface area is 180 Å². The lowest BCUT2D eigenvalue weighted by molar-refractivity contribution is -0.124. The van der Waals surface area contributed by atoms with E-state index in [4.69, 9.17) is 28.4 Å². The molecule has 3 rings (SSSR count). The number of benzene rings is 2. The zero-order valence-electron chi connectivity index (χ0n) is 17.5. The molecule has 0 radical (unpaired) electrons. The van der Waals surface area contributed by atoms with E-state index in [1.807, 2.05) is 19.1 Å². The second kappa shape index (κ2) is 11.0. The first-order chi connectivity index (χ1) is 15.1. The number of esters is 1. The van der Waals surface area contributed by atoms with Crippen molar-refractivity contribution in [1.82, 2.24) is 5.32 Å². The molecule has 2 aromatic rings. The average Bonchev–Trinajstić information content (AvgIpc) is 2.80. The van der Waals surface area contributed by atoms with Gasteiger partial charge < -0.3 is 33.7 Å². The van der Waals surface area contributed by atoms with E-state index in [9.17, 15) is 9.59 Å². The molecule has 0 unspecified atom stereocenters. The van der Waals surface area contributed by atoms with Gasteiger partial charge in [0.15, 0.2) is 18.1 Å². The molecule has 0 saturated carbocycles. The van der Waals surface area contributed by atoms with Gasteiger partial charge in [-0.15, -0.1) is 0 Å². The van der Waals surface area contributed by atoms with Crippen molar-refractivity contribution in [3.63, 3.8) is 0 Å². The molecule has 0 saturated heterocycles. The summed E-state index contributed by atoms with van der Waals surface area (Å²) in [5.74, 6) is 1.52. The number of nitrogens with one attached hydrogen (secondary N) is 1. The molecule has 1 amide bonds. The lowest BCUT2D eigenvalue weighted by atomic mass is 10.1. The van der Waals surface area contributed by atoms with Gasteiger partial charge in [0, 0.05) is 0 Å². The first-order valence-electron chi connectivity index (χ1n) is 9.87. The Kier molecular flexibility index (Phi) is 7.80. The Hall–Kier alpha value is -3.62. The van der Waals surface area contributed by atoms with Gasteiger partial charge in [0.25, 0.3) is 5.91 Å². The van der Waals surface area contributed by atoms with E-state index >= 15 is 0 Å². The second-order valence-corrected chi connectivity index (χ2v) is 6.38. The van der Waals surface area contributed by atoms with E-state index in [0.717, 1.165) is 5.75 Å². The fourth-order valence-electron chi connectivity index (χ4n) is 2.81. The van der Waals surface area contributed by atoms with Crippen molar-refractivity contribution >= 4 is 11.9 Å². The van der Waals surface area contributed by atoms with Gasteiger partial charge in [-0.2, -0.15) is 0 Å². The third-order valence-electron chi connectivity index (χ3n) is 4.23. The molecule has 9 heteroatoms. The van der Waals surface area contributed by atoms with Gasteiger partial charge in [0.1, 0.15) is 31.3 Å². The molecule has 9 nitrogen and oxygen atoms in total. The number of rotatable bonds is 10. The third kappa shape index (κ3) is 6.18. The minimum Gasteiger partial charge on any atom is -0.494 e. The van der Waals surface area contributed by atoms with Gasteiger partial charge >= 0.3 is 5.97 Å². The maximum Gasteiger partial charge on any atom is 0.338 e. The van der Waals surface area contributed by atoms with Crippen molar-refractivity contribution in [3.8, 4) is 28.7 Å². The SMILES string of the molecule is CCOc1ccc(OCCNC(=O)COC(=O)c2cc(OC)c3c(c2)OCCO3)cc1. The van der Waals surface area contributed by atoms with Gasteiger partial charge in [-0.1, -0.05) is 0 Å². The molecule has 1 aliphatic rings. The molecule has 1 aliphatic heterocycles. The van der Waals surface area contributed by atoms with Crippen LogP contribution in [0.1, 0.15) is 17.3 Å². The Bertz CT molecular complexity index is 880. The second-order valence-electron chi connectivity index (χ2n) is 6.38. The predicted octanol–water partition coefficient (Wildman–Crippen LogP) is 2.22. The number of methoxy groups -OCH3 is 1. The van der Waals surface area contributed by atoms with E-state index in [0.29, 0.717) is 42.8 Å². The molecule has 31 heavy (non-hydrogen) atoms. The van der Waals surface area contributed by atoms with Crippen LogP contribution in [0.3, 0.4) is 0 Å². The number of hydrogen-bond donors (Lipinski definition) is 1. The van der Waals surface area contributed by atoms with E-state index in [1.165, 1.54) is 19.2 Å². The summed E-state index contributed by atoms with van der Waals surface area (Å²) in [6.45, 7) is 3.40. The Balaban J connectivity index is 1.41. The third-order valence-corrected chi connectivity index (χ3v) is 4.23. The molecule has 0 fully saturated rings. The summed E-state index contributed by atoms with van der Waals surface area (Å²) in [4.78, 5) is 24.2. The van der Waals surface area contributed by atoms with Gasteiger partial charge in [-0.05, 0) is 43.3 Å². The number of ether oxygens (including phenoxy) is 6. The maximum absolute atomic E-state index is 12.3. The quantitative estimate of drug-likeness (QED) is 0.451. The van der Waals surface area contributed by atoms with Crippen LogP contribution in [0.15, 0.2) is 36.4 Å². The first-order valence-corrected chi connectivity index (χ1v) is 9.87. The van der Waals surface area contributed by atoms with Crippen molar-refractivity contribution in [1.29, 1.82) is 0 Å². The minimum atomic E-state index is -0.670. The fourth-order valence-corrected chi connectivity index (χ4v) is 2.81. The topological polar surface area (TPSA) is 102 Å². The summed E-state index contributed by atoms with van der Waals surface area (Å²) in [5, 5.41) is 2.63. The van der Waals surface area contributed by atoms with Crippen LogP contribution < -0.4 is 29.0 Å². The molecule has 1 heterocycles. The molecular formula is C22H25NO8. The van der Waals surface area contributed by atoms with Crippen LogP contribution in [-0.4, -0.2) is 58.6 Å². The van der Waals surface area contributed by atoms with Crippen LogP contribution in [0.25, 0.3) is 0 Å². The van der Waals surface area contributed by atoms with E-state index in [-0.39, 0.29) is 18.7 Å². The van der Waals surface area contributed by atoms with Crippen LogP contribution >= 0.6 is 0 Å². The van der Waals surface area contributed by atoms with Crippen molar-refractivity contribution in [2.45, 2.75) is 6.92 Å². The fraction of sp³-hybridized carbons (Fsp3) is 0.364. The summed E-state index contributed by atoms with van der Waals surface area (Å²) in [5.41, 5.74) is 0.202. The first kappa shape index (κ1) is 22.1. The lowest BCUT2D eigenvalue weighted by Gasteiger charge is -2.21. The molecule has 166 valence electrons. The highest BCUT2D eigenvalue weighted by Crippen LogP contribution is 2.40. The highest BCUT2D eigenvalue weighted by molar-refractivity contribution is 5.92. The van der Waals surface area contributed by atoms with Crippen molar-refractivity contribution in [3.05, 3.63) is 42.0 Å². The number of carbonyl (C=O) groups is 2. The summed E-state index contributed by atoms with van der Waals surface area (Å²) in [6.07, 6.45) is 0. The average molecular weight is 431 g/mol. The number of fused-ring (bicyclic) bond motifs is 1. The number of carbonyl (C=O) groups excluding carboxylic acids is 2. The number of hydrogen-bond acceptors (Lipinski definition) is 8. The monoisotopic (exact) mass is 431 g/mol. The van der Waals surface area contributed by atoms with Gasteiger partial charge in [-0.25, -0.2) is 4.79 Å². The smallest absolute Gasteiger partial charge is 0.338 e. The molecule has 0 aromatic heterocycles. The zero-order chi connectivity index (χ0) is 22.1. The van der Waals surface area contributed by atoms with Crippen LogP contribution in [0.2, 0.25) is 0 Å². The Morgan fingerprint density at radius 3 is 2.45 bits per heavy atom. The van der Waals surface area contributed by atoms with Crippen LogP contribution in [0, 0.1) is 0 Å². The van der Waals surface area contributed by atoms with Gasteiger partial charge in [0.2, 0.25) is 5.75 Å². The van der Waals surface area contributed by atoms with E-state index in [2.05, 4.69) is 5.32 Å². The molecule has 2 aromatic carbocycles. The minimum absolute atomic E-state index is 0.202. The van der Waals surface area contributed by atoms with E-state index in [1.54, 1.807) is 12.1 Å². The largest absolute Gasteiger partial charge is 0.494 e. The molecule has 0 bridgehead atoms. The summed E-state index contributed by atoms with van der Waals surface area (Å²) in [6, 6.07) is 10.2. The lowest BCUT2D eigenvalue weighted by Crippen LogP contribution is -2.32. The predicted molar refractivity (Wildman–Crippen MR) is 110 cm³/mol. The normalized spacial score (nSPS) is 11.9. The zero-order valence-corrected chi connectivity index (χ0v) is 17.5. The standard InChI is InChI=1S/C22H25NO8/c1-3-27-16-4-6-17(7-5-16)28-9-8-23-20(24)14-31-22(25)15-12-18(26-2)21-19(13-15)29-10-11-30-21/h4-7,12-13H,3,8-11,14H2,1-2H3,(H,23,24). The van der Waals surface area contributed by atoms with Crippen molar-refractivity contribution < 1.29 is 38.0 Å². The Morgan fingerprint density at radius 2 is 1.74 bits per heavy atom. The maximum atomic E-state index is 12.3. The van der Waals surface area contributed by atoms with Crippen molar-refractivity contribution in [2.75, 3.05) is 46.7 Å².